The molecule has 8 nitrogen and oxygen atoms in total. The van der Waals surface area contributed by atoms with Crippen LogP contribution in [0.4, 0.5) is 19.1 Å². The highest BCUT2D eigenvalue weighted by molar-refractivity contribution is 5.83. The minimum atomic E-state index is -4.69. The van der Waals surface area contributed by atoms with Gasteiger partial charge < -0.3 is 25.5 Å². The Balaban J connectivity index is 2.28. The first-order valence-electron chi connectivity index (χ1n) is 8.06. The molecular formula is C16H20F3N5O3. The second kappa shape index (κ2) is 8.43. The molecular weight excluding hydrogens is 367 g/mol. The lowest BCUT2D eigenvalue weighted by molar-refractivity contribution is -0.201. The van der Waals surface area contributed by atoms with Gasteiger partial charge in [0.05, 0.1) is 17.5 Å². The highest BCUT2D eigenvalue weighted by Crippen LogP contribution is 2.23. The summed E-state index contributed by atoms with van der Waals surface area (Å²) >= 11 is 0. The van der Waals surface area contributed by atoms with Crippen molar-refractivity contribution in [2.45, 2.75) is 31.9 Å². The lowest BCUT2D eigenvalue weighted by atomic mass is 10.2. The Labute approximate surface area is 152 Å². The number of fused-ring (bicyclic) bond motifs is 1. The fourth-order valence-electron chi connectivity index (χ4n) is 2.49. The smallest absolute Gasteiger partial charge is 0.382 e. The van der Waals surface area contributed by atoms with Crippen molar-refractivity contribution in [3.63, 3.8) is 0 Å². The lowest BCUT2D eigenvalue weighted by Gasteiger charge is -2.15. The van der Waals surface area contributed by atoms with Crippen LogP contribution in [0.3, 0.4) is 0 Å². The second-order valence-corrected chi connectivity index (χ2v) is 5.69. The molecule has 11 heteroatoms. The number of halogens is 3. The minimum absolute atomic E-state index is 0.0554. The molecule has 2 aromatic rings. The first-order chi connectivity index (χ1) is 12.7. The van der Waals surface area contributed by atoms with Gasteiger partial charge in [0.2, 0.25) is 5.95 Å². The molecule has 0 bridgehead atoms. The molecule has 0 fully saturated rings. The Morgan fingerprint density at radius 2 is 2.22 bits per heavy atom. The molecule has 2 aromatic heterocycles. The molecule has 0 spiro atoms. The van der Waals surface area contributed by atoms with Crippen molar-refractivity contribution < 1.29 is 23.0 Å². The molecule has 0 saturated heterocycles. The molecule has 0 saturated carbocycles. The zero-order valence-electron chi connectivity index (χ0n) is 14.7. The molecule has 0 amide bonds. The van der Waals surface area contributed by atoms with Gasteiger partial charge in [-0.05, 0) is 6.42 Å². The van der Waals surface area contributed by atoms with Crippen LogP contribution in [0.2, 0.25) is 0 Å². The minimum Gasteiger partial charge on any atom is -0.382 e. The number of hydrogen-bond donors (Lipinski definition) is 4. The third-order valence-electron chi connectivity index (χ3n) is 3.78. The van der Waals surface area contributed by atoms with Gasteiger partial charge >= 0.3 is 6.18 Å². The maximum Gasteiger partial charge on any atom is 0.415 e. The molecule has 0 aromatic carbocycles. The summed E-state index contributed by atoms with van der Waals surface area (Å²) in [6.45, 7) is 1.10. The largest absolute Gasteiger partial charge is 0.415 e. The van der Waals surface area contributed by atoms with Crippen LogP contribution in [-0.2, 0) is 4.74 Å². The quantitative estimate of drug-likeness (QED) is 0.429. The first kappa shape index (κ1) is 20.8. The zero-order chi connectivity index (χ0) is 20.2. The molecule has 27 heavy (non-hydrogen) atoms. The number of alkyl halides is 3. The summed E-state index contributed by atoms with van der Waals surface area (Å²) in [5, 5.41) is 11.5. The standard InChI is InChI=1S/C16H20F3N5O3/c1-3-11(27-2)24-8-9(12-13(24)22-15(20)23-14(12)26)5-4-6-21-7-10(25)16(17,18)19/h8,10-11,21,25H,3,6-7H2,1-2H3,(H3,20,22,23,26). The van der Waals surface area contributed by atoms with E-state index in [-0.39, 0.29) is 17.9 Å². The van der Waals surface area contributed by atoms with Crippen molar-refractivity contribution in [1.82, 2.24) is 19.9 Å². The number of anilines is 1. The van der Waals surface area contributed by atoms with Crippen LogP contribution in [-0.4, -0.2) is 52.1 Å². The second-order valence-electron chi connectivity index (χ2n) is 5.69. The molecule has 2 rings (SSSR count). The van der Waals surface area contributed by atoms with Crippen molar-refractivity contribution in [2.75, 3.05) is 25.9 Å². The van der Waals surface area contributed by atoms with Crippen molar-refractivity contribution in [3.05, 3.63) is 22.1 Å². The van der Waals surface area contributed by atoms with Crippen molar-refractivity contribution in [1.29, 1.82) is 0 Å². The Morgan fingerprint density at radius 1 is 1.52 bits per heavy atom. The highest BCUT2D eigenvalue weighted by Gasteiger charge is 2.37. The summed E-state index contributed by atoms with van der Waals surface area (Å²) in [6, 6.07) is 0. The fraction of sp³-hybridized carbons (Fsp3) is 0.500. The van der Waals surface area contributed by atoms with E-state index in [1.807, 2.05) is 6.92 Å². The number of H-pyrrole nitrogens is 1. The number of nitrogens with two attached hydrogens (primary N) is 1. The van der Waals surface area contributed by atoms with E-state index in [2.05, 4.69) is 27.1 Å². The van der Waals surface area contributed by atoms with Crippen molar-refractivity contribution in [2.24, 2.45) is 0 Å². The Kier molecular flexibility index (Phi) is 6.48. The van der Waals surface area contributed by atoms with Gasteiger partial charge in [-0.15, -0.1) is 0 Å². The predicted octanol–water partition coefficient (Wildman–Crippen LogP) is 0.726. The van der Waals surface area contributed by atoms with Gasteiger partial charge in [-0.1, -0.05) is 18.8 Å². The average Bonchev–Trinajstić information content (AvgIpc) is 2.93. The fourth-order valence-corrected chi connectivity index (χ4v) is 2.49. The number of methoxy groups -OCH3 is 1. The molecule has 2 atom stereocenters. The van der Waals surface area contributed by atoms with Crippen LogP contribution in [0.1, 0.15) is 25.1 Å². The highest BCUT2D eigenvalue weighted by atomic mass is 19.4. The topological polar surface area (TPSA) is 118 Å². The summed E-state index contributed by atoms with van der Waals surface area (Å²) in [4.78, 5) is 18.8. The number of ether oxygens (including phenoxy) is 1. The van der Waals surface area contributed by atoms with Gasteiger partial charge in [-0.25, -0.2) is 0 Å². The van der Waals surface area contributed by atoms with E-state index in [1.165, 1.54) is 7.11 Å². The van der Waals surface area contributed by atoms with Gasteiger partial charge in [-0.3, -0.25) is 9.78 Å². The van der Waals surface area contributed by atoms with Gasteiger partial charge in [0, 0.05) is 19.9 Å². The van der Waals surface area contributed by atoms with Gasteiger partial charge in [-0.2, -0.15) is 18.2 Å². The number of aromatic nitrogens is 3. The number of aromatic amines is 1. The summed E-state index contributed by atoms with van der Waals surface area (Å²) < 4.78 is 43.7. The van der Waals surface area contributed by atoms with Gasteiger partial charge in [0.25, 0.3) is 5.56 Å². The van der Waals surface area contributed by atoms with Crippen LogP contribution in [0.15, 0.2) is 11.0 Å². The van der Waals surface area contributed by atoms with Gasteiger partial charge in [0.15, 0.2) is 11.8 Å². The molecule has 2 unspecified atom stereocenters. The van der Waals surface area contributed by atoms with E-state index < -0.39 is 30.6 Å². The number of rotatable bonds is 6. The molecule has 0 aliphatic carbocycles. The molecule has 0 aliphatic heterocycles. The number of nitrogen functional groups attached to an aromatic ring is 1. The monoisotopic (exact) mass is 387 g/mol. The number of aliphatic hydroxyl groups excluding tert-OH is 1. The van der Waals surface area contributed by atoms with Crippen LogP contribution < -0.4 is 16.6 Å². The molecule has 5 N–H and O–H groups in total. The van der Waals surface area contributed by atoms with Crippen LogP contribution in [0.25, 0.3) is 11.0 Å². The number of nitrogens with zero attached hydrogens (tertiary/aromatic N) is 2. The summed E-state index contributed by atoms with van der Waals surface area (Å²) in [5.41, 5.74) is 5.77. The predicted molar refractivity (Wildman–Crippen MR) is 92.9 cm³/mol. The summed E-state index contributed by atoms with van der Waals surface area (Å²) in [6.07, 6.45) is -5.37. The third kappa shape index (κ3) is 4.79. The zero-order valence-corrected chi connectivity index (χ0v) is 14.7. The van der Waals surface area contributed by atoms with E-state index >= 15 is 0 Å². The van der Waals surface area contributed by atoms with E-state index in [1.54, 1.807) is 10.8 Å². The number of aliphatic hydroxyl groups is 1. The Hall–Kier alpha value is -2.55. The molecule has 2 heterocycles. The van der Waals surface area contributed by atoms with E-state index in [9.17, 15) is 18.0 Å². The van der Waals surface area contributed by atoms with E-state index in [0.717, 1.165) is 0 Å². The first-order valence-corrected chi connectivity index (χ1v) is 8.06. The third-order valence-corrected chi connectivity index (χ3v) is 3.78. The normalized spacial score (nSPS) is 14.0. The maximum atomic E-state index is 12.3. The average molecular weight is 387 g/mol. The van der Waals surface area contributed by atoms with E-state index in [0.29, 0.717) is 17.6 Å². The van der Waals surface area contributed by atoms with Crippen molar-refractivity contribution >= 4 is 17.0 Å². The van der Waals surface area contributed by atoms with Crippen LogP contribution >= 0.6 is 0 Å². The van der Waals surface area contributed by atoms with Crippen LogP contribution in [0.5, 0.6) is 0 Å². The Bertz CT molecular complexity index is 906. The van der Waals surface area contributed by atoms with E-state index in [4.69, 9.17) is 15.6 Å². The summed E-state index contributed by atoms with van der Waals surface area (Å²) in [5.74, 6) is 5.30. The molecule has 148 valence electrons. The number of nitrogens with one attached hydrogen (secondary N) is 2. The summed E-state index contributed by atoms with van der Waals surface area (Å²) in [7, 11) is 1.51. The SMILES string of the molecule is CCC(OC)n1cc(C#CCNCC(O)C(F)(F)F)c2c(=O)[nH]c(N)nc21. The van der Waals surface area contributed by atoms with Gasteiger partial charge in [0.1, 0.15) is 6.23 Å². The maximum absolute atomic E-state index is 12.3. The van der Waals surface area contributed by atoms with Crippen LogP contribution in [0, 0.1) is 11.8 Å². The molecule has 0 aliphatic rings. The molecule has 0 radical (unpaired) electrons. The lowest BCUT2D eigenvalue weighted by Crippen LogP contribution is -2.38. The van der Waals surface area contributed by atoms with Crippen molar-refractivity contribution in [3.8, 4) is 11.8 Å². The number of hydrogen-bond acceptors (Lipinski definition) is 6. The Morgan fingerprint density at radius 3 is 2.81 bits per heavy atom.